The molecule has 1 aromatic carbocycles. The zero-order chi connectivity index (χ0) is 13.7. The number of nitrogens with one attached hydrogen (secondary N) is 2. The molecule has 2 N–H and O–H groups in total. The highest BCUT2D eigenvalue weighted by Gasteiger charge is 2.25. The Morgan fingerprint density at radius 3 is 2.63 bits per heavy atom. The van der Waals surface area contributed by atoms with Crippen LogP contribution in [0.25, 0.3) is 0 Å². The molecule has 1 aliphatic rings. The molecule has 0 unspecified atom stereocenters. The average molecular weight is 260 g/mol. The van der Waals surface area contributed by atoms with Gasteiger partial charge >= 0.3 is 0 Å². The SMILES string of the molecule is CNC1CCC(C(=O)NCc2cccc(C)c2)CC1. The summed E-state index contributed by atoms with van der Waals surface area (Å²) in [4.78, 5) is 12.1. The molecule has 0 aliphatic heterocycles. The van der Waals surface area contributed by atoms with Crippen molar-refractivity contribution in [2.45, 2.75) is 45.2 Å². The Labute approximate surface area is 115 Å². The van der Waals surface area contributed by atoms with Crippen LogP contribution < -0.4 is 10.6 Å². The zero-order valence-corrected chi connectivity index (χ0v) is 11.9. The van der Waals surface area contributed by atoms with Crippen molar-refractivity contribution in [3.05, 3.63) is 35.4 Å². The maximum absolute atomic E-state index is 12.1. The number of amides is 1. The summed E-state index contributed by atoms with van der Waals surface area (Å²) in [5, 5.41) is 6.37. The highest BCUT2D eigenvalue weighted by molar-refractivity contribution is 5.78. The lowest BCUT2D eigenvalue weighted by Crippen LogP contribution is -2.37. The van der Waals surface area contributed by atoms with Crippen molar-refractivity contribution < 1.29 is 4.79 Å². The molecule has 0 aromatic heterocycles. The van der Waals surface area contributed by atoms with Gasteiger partial charge in [-0.1, -0.05) is 29.8 Å². The zero-order valence-electron chi connectivity index (χ0n) is 11.9. The lowest BCUT2D eigenvalue weighted by molar-refractivity contribution is -0.126. The molecule has 1 saturated carbocycles. The van der Waals surface area contributed by atoms with Crippen LogP contribution in [0.2, 0.25) is 0 Å². The first kappa shape index (κ1) is 14.1. The third-order valence-corrected chi connectivity index (χ3v) is 4.06. The van der Waals surface area contributed by atoms with Crippen molar-refractivity contribution in [1.29, 1.82) is 0 Å². The number of carbonyl (C=O) groups excluding carboxylic acids is 1. The standard InChI is InChI=1S/C16H24N2O/c1-12-4-3-5-13(10-12)11-18-16(19)14-6-8-15(17-2)9-7-14/h3-5,10,14-15,17H,6-9,11H2,1-2H3,(H,18,19). The minimum atomic E-state index is 0.203. The van der Waals surface area contributed by atoms with Crippen molar-refractivity contribution >= 4 is 5.91 Å². The van der Waals surface area contributed by atoms with E-state index in [-0.39, 0.29) is 11.8 Å². The van der Waals surface area contributed by atoms with Gasteiger partial charge < -0.3 is 10.6 Å². The van der Waals surface area contributed by atoms with Crippen LogP contribution in [0.4, 0.5) is 0 Å². The summed E-state index contributed by atoms with van der Waals surface area (Å²) >= 11 is 0. The van der Waals surface area contributed by atoms with E-state index < -0.39 is 0 Å². The van der Waals surface area contributed by atoms with Gasteiger partial charge in [-0.25, -0.2) is 0 Å². The number of hydrogen-bond acceptors (Lipinski definition) is 2. The van der Waals surface area contributed by atoms with Crippen molar-refractivity contribution in [2.75, 3.05) is 7.05 Å². The first-order valence-electron chi connectivity index (χ1n) is 7.19. The predicted molar refractivity (Wildman–Crippen MR) is 77.8 cm³/mol. The fourth-order valence-corrected chi connectivity index (χ4v) is 2.80. The second-order valence-corrected chi connectivity index (χ2v) is 5.54. The highest BCUT2D eigenvalue weighted by Crippen LogP contribution is 2.24. The van der Waals surface area contributed by atoms with Crippen LogP contribution in [0.3, 0.4) is 0 Å². The molecule has 1 aromatic rings. The molecule has 1 amide bonds. The second kappa shape index (κ2) is 6.71. The van der Waals surface area contributed by atoms with Gasteiger partial charge in [0.2, 0.25) is 5.91 Å². The van der Waals surface area contributed by atoms with Gasteiger partial charge in [0, 0.05) is 18.5 Å². The molecular weight excluding hydrogens is 236 g/mol. The third kappa shape index (κ3) is 4.06. The van der Waals surface area contributed by atoms with E-state index in [9.17, 15) is 4.79 Å². The minimum absolute atomic E-state index is 0.203. The number of carbonyl (C=O) groups is 1. The molecule has 2 rings (SSSR count). The van der Waals surface area contributed by atoms with Crippen LogP contribution in [0.1, 0.15) is 36.8 Å². The van der Waals surface area contributed by atoms with E-state index in [1.54, 1.807) is 0 Å². The molecule has 0 bridgehead atoms. The maximum atomic E-state index is 12.1. The Morgan fingerprint density at radius 1 is 1.26 bits per heavy atom. The molecule has 0 atom stereocenters. The predicted octanol–water partition coefficient (Wildman–Crippen LogP) is 2.39. The third-order valence-electron chi connectivity index (χ3n) is 4.06. The monoisotopic (exact) mass is 260 g/mol. The molecule has 104 valence electrons. The lowest BCUT2D eigenvalue weighted by atomic mass is 9.85. The fourth-order valence-electron chi connectivity index (χ4n) is 2.80. The minimum Gasteiger partial charge on any atom is -0.352 e. The van der Waals surface area contributed by atoms with Crippen LogP contribution in [0.5, 0.6) is 0 Å². The summed E-state index contributed by atoms with van der Waals surface area (Å²) in [6.45, 7) is 2.72. The topological polar surface area (TPSA) is 41.1 Å². The Balaban J connectivity index is 1.79. The van der Waals surface area contributed by atoms with E-state index in [2.05, 4.69) is 35.8 Å². The van der Waals surface area contributed by atoms with E-state index in [0.29, 0.717) is 12.6 Å². The molecule has 1 fully saturated rings. The Morgan fingerprint density at radius 2 is 2.00 bits per heavy atom. The van der Waals surface area contributed by atoms with Crippen LogP contribution in [0, 0.1) is 12.8 Å². The Hall–Kier alpha value is -1.35. The van der Waals surface area contributed by atoms with Gasteiger partial charge in [0.1, 0.15) is 0 Å². The molecular formula is C16H24N2O. The van der Waals surface area contributed by atoms with E-state index in [1.807, 2.05) is 13.1 Å². The average Bonchev–Trinajstić information content (AvgIpc) is 2.45. The summed E-state index contributed by atoms with van der Waals surface area (Å²) in [5.41, 5.74) is 2.42. The first-order valence-corrected chi connectivity index (χ1v) is 7.19. The number of hydrogen-bond donors (Lipinski definition) is 2. The Bertz CT molecular complexity index is 423. The van der Waals surface area contributed by atoms with Crippen LogP contribution in [-0.2, 0) is 11.3 Å². The van der Waals surface area contributed by atoms with Crippen molar-refractivity contribution in [1.82, 2.24) is 10.6 Å². The van der Waals surface area contributed by atoms with Gasteiger partial charge in [0.25, 0.3) is 0 Å². The van der Waals surface area contributed by atoms with E-state index in [1.165, 1.54) is 11.1 Å². The summed E-state index contributed by atoms with van der Waals surface area (Å²) in [5.74, 6) is 0.422. The van der Waals surface area contributed by atoms with E-state index >= 15 is 0 Å². The summed E-state index contributed by atoms with van der Waals surface area (Å²) < 4.78 is 0. The summed E-state index contributed by atoms with van der Waals surface area (Å²) in [6.07, 6.45) is 4.23. The number of rotatable bonds is 4. The van der Waals surface area contributed by atoms with Crippen LogP contribution in [0.15, 0.2) is 24.3 Å². The van der Waals surface area contributed by atoms with Crippen molar-refractivity contribution in [3.63, 3.8) is 0 Å². The largest absolute Gasteiger partial charge is 0.352 e. The molecule has 3 nitrogen and oxygen atoms in total. The number of aryl methyl sites for hydroxylation is 1. The van der Waals surface area contributed by atoms with Crippen LogP contribution >= 0.6 is 0 Å². The van der Waals surface area contributed by atoms with Gasteiger partial charge in [-0.3, -0.25) is 4.79 Å². The van der Waals surface area contributed by atoms with Crippen LogP contribution in [-0.4, -0.2) is 19.0 Å². The van der Waals surface area contributed by atoms with Gasteiger partial charge in [-0.2, -0.15) is 0 Å². The van der Waals surface area contributed by atoms with Gasteiger partial charge in [-0.05, 0) is 45.2 Å². The fraction of sp³-hybridized carbons (Fsp3) is 0.562. The van der Waals surface area contributed by atoms with Gasteiger partial charge in [0.15, 0.2) is 0 Å². The molecule has 19 heavy (non-hydrogen) atoms. The smallest absolute Gasteiger partial charge is 0.223 e. The molecule has 3 heteroatoms. The van der Waals surface area contributed by atoms with Gasteiger partial charge in [-0.15, -0.1) is 0 Å². The van der Waals surface area contributed by atoms with Gasteiger partial charge in [0.05, 0.1) is 0 Å². The number of benzene rings is 1. The van der Waals surface area contributed by atoms with Crippen molar-refractivity contribution in [3.8, 4) is 0 Å². The normalized spacial score (nSPS) is 23.1. The summed E-state index contributed by atoms with van der Waals surface area (Å²) in [6, 6.07) is 8.89. The van der Waals surface area contributed by atoms with E-state index in [4.69, 9.17) is 0 Å². The molecule has 0 radical (unpaired) electrons. The first-order chi connectivity index (χ1) is 9.19. The molecule has 0 saturated heterocycles. The molecule has 0 spiro atoms. The Kier molecular flexibility index (Phi) is 4.97. The highest BCUT2D eigenvalue weighted by atomic mass is 16.1. The molecule has 1 aliphatic carbocycles. The quantitative estimate of drug-likeness (QED) is 0.872. The van der Waals surface area contributed by atoms with Crippen molar-refractivity contribution in [2.24, 2.45) is 5.92 Å². The molecule has 0 heterocycles. The lowest BCUT2D eigenvalue weighted by Gasteiger charge is -2.27. The maximum Gasteiger partial charge on any atom is 0.223 e. The van der Waals surface area contributed by atoms with E-state index in [0.717, 1.165) is 25.7 Å². The second-order valence-electron chi connectivity index (χ2n) is 5.54. The summed E-state index contributed by atoms with van der Waals surface area (Å²) in [7, 11) is 2.00.